The van der Waals surface area contributed by atoms with E-state index in [0.717, 1.165) is 4.90 Å². The fourth-order valence-electron chi connectivity index (χ4n) is 1.26. The van der Waals surface area contributed by atoms with Crippen molar-refractivity contribution < 1.29 is 14.3 Å². The summed E-state index contributed by atoms with van der Waals surface area (Å²) in [7, 11) is 1.56. The van der Waals surface area contributed by atoms with Gasteiger partial charge in [-0.25, -0.2) is 0 Å². The Bertz CT molecular complexity index is 440. The van der Waals surface area contributed by atoms with Crippen LogP contribution < -0.4 is 10.6 Å². The second-order valence-electron chi connectivity index (χ2n) is 3.86. The number of carbonyl (C=O) groups is 2. The van der Waals surface area contributed by atoms with Crippen LogP contribution in [0.1, 0.15) is 0 Å². The van der Waals surface area contributed by atoms with Crippen molar-refractivity contribution >= 4 is 35.2 Å². The van der Waals surface area contributed by atoms with Gasteiger partial charge in [-0.15, -0.1) is 11.8 Å². The molecule has 5 nitrogen and oxygen atoms in total. The standard InChI is InChI=1S/C13H17ClN2O3S/c1-19-7-6-15-12(17)8-16-13(18)9-20-11-4-2-10(14)3-5-11/h2-5H,6-9H2,1H3,(H,15,17)(H,16,18). The summed E-state index contributed by atoms with van der Waals surface area (Å²) in [5.74, 6) is -0.161. The molecule has 1 rings (SSSR count). The van der Waals surface area contributed by atoms with Gasteiger partial charge in [-0.3, -0.25) is 9.59 Å². The number of benzene rings is 1. The third-order valence-corrected chi connectivity index (χ3v) is 3.52. The molecular formula is C13H17ClN2O3S. The minimum absolute atomic E-state index is 0.0241. The second kappa shape index (κ2) is 9.63. The van der Waals surface area contributed by atoms with Gasteiger partial charge in [0.2, 0.25) is 11.8 Å². The van der Waals surface area contributed by atoms with Gasteiger partial charge in [0.15, 0.2) is 0 Å². The topological polar surface area (TPSA) is 67.4 Å². The van der Waals surface area contributed by atoms with Crippen LogP contribution in [-0.4, -0.2) is 44.4 Å². The first-order valence-corrected chi connectivity index (χ1v) is 7.39. The maximum atomic E-state index is 11.6. The predicted molar refractivity (Wildman–Crippen MR) is 80.1 cm³/mol. The van der Waals surface area contributed by atoms with E-state index >= 15 is 0 Å². The molecule has 1 aromatic carbocycles. The Morgan fingerprint density at radius 1 is 1.20 bits per heavy atom. The first kappa shape index (κ1) is 16.8. The van der Waals surface area contributed by atoms with Crippen molar-refractivity contribution in [2.24, 2.45) is 0 Å². The van der Waals surface area contributed by atoms with Crippen molar-refractivity contribution in [2.75, 3.05) is 32.6 Å². The van der Waals surface area contributed by atoms with Gasteiger partial charge in [-0.05, 0) is 24.3 Å². The highest BCUT2D eigenvalue weighted by Gasteiger charge is 2.05. The SMILES string of the molecule is COCCNC(=O)CNC(=O)CSc1ccc(Cl)cc1. The zero-order chi connectivity index (χ0) is 14.8. The normalized spacial score (nSPS) is 10.1. The number of thioether (sulfide) groups is 1. The van der Waals surface area contributed by atoms with Crippen molar-refractivity contribution in [1.82, 2.24) is 10.6 Å². The molecule has 0 unspecified atom stereocenters. The first-order valence-electron chi connectivity index (χ1n) is 6.02. The smallest absolute Gasteiger partial charge is 0.239 e. The fourth-order valence-corrected chi connectivity index (χ4v) is 2.12. The van der Waals surface area contributed by atoms with Crippen LogP contribution in [0.4, 0.5) is 0 Å². The Kier molecular flexibility index (Phi) is 8.10. The summed E-state index contributed by atoms with van der Waals surface area (Å²) in [6.45, 7) is 0.862. The highest BCUT2D eigenvalue weighted by Crippen LogP contribution is 2.19. The number of hydrogen-bond acceptors (Lipinski definition) is 4. The number of rotatable bonds is 8. The minimum atomic E-state index is -0.230. The largest absolute Gasteiger partial charge is 0.383 e. The summed E-state index contributed by atoms with van der Waals surface area (Å²) >= 11 is 7.16. The number of nitrogens with one attached hydrogen (secondary N) is 2. The molecule has 0 aliphatic rings. The molecule has 110 valence electrons. The number of ether oxygens (including phenoxy) is 1. The van der Waals surface area contributed by atoms with Crippen molar-refractivity contribution in [2.45, 2.75) is 4.90 Å². The minimum Gasteiger partial charge on any atom is -0.383 e. The molecule has 0 aliphatic carbocycles. The summed E-state index contributed by atoms with van der Waals surface area (Å²) in [4.78, 5) is 23.8. The number of hydrogen-bond donors (Lipinski definition) is 2. The summed E-state index contributed by atoms with van der Waals surface area (Å²) in [5.41, 5.74) is 0. The quantitative estimate of drug-likeness (QED) is 0.560. The molecule has 0 fully saturated rings. The predicted octanol–water partition coefficient (Wildman–Crippen LogP) is 1.31. The van der Waals surface area contributed by atoms with Gasteiger partial charge < -0.3 is 15.4 Å². The van der Waals surface area contributed by atoms with E-state index in [0.29, 0.717) is 18.2 Å². The maximum absolute atomic E-state index is 11.6. The zero-order valence-electron chi connectivity index (χ0n) is 11.1. The van der Waals surface area contributed by atoms with Gasteiger partial charge in [-0.2, -0.15) is 0 Å². The van der Waals surface area contributed by atoms with E-state index in [-0.39, 0.29) is 24.1 Å². The highest BCUT2D eigenvalue weighted by atomic mass is 35.5. The molecule has 2 N–H and O–H groups in total. The second-order valence-corrected chi connectivity index (χ2v) is 5.35. The lowest BCUT2D eigenvalue weighted by molar-refractivity contribution is -0.124. The van der Waals surface area contributed by atoms with Gasteiger partial charge >= 0.3 is 0 Å². The highest BCUT2D eigenvalue weighted by molar-refractivity contribution is 8.00. The third-order valence-electron chi connectivity index (χ3n) is 2.26. The Balaban J connectivity index is 2.17. The molecule has 0 bridgehead atoms. The Hall–Kier alpha value is -1.24. The average Bonchev–Trinajstić information content (AvgIpc) is 2.45. The van der Waals surface area contributed by atoms with E-state index in [1.807, 2.05) is 12.1 Å². The molecule has 0 aromatic heterocycles. The molecule has 7 heteroatoms. The monoisotopic (exact) mass is 316 g/mol. The van der Waals surface area contributed by atoms with Crippen LogP contribution in [0.15, 0.2) is 29.2 Å². The molecule has 1 aromatic rings. The molecular weight excluding hydrogens is 300 g/mol. The molecule has 0 saturated heterocycles. The van der Waals surface area contributed by atoms with Gasteiger partial charge in [0, 0.05) is 23.6 Å². The average molecular weight is 317 g/mol. The molecule has 0 atom stereocenters. The van der Waals surface area contributed by atoms with Crippen LogP contribution in [0, 0.1) is 0 Å². The van der Waals surface area contributed by atoms with Crippen molar-refractivity contribution in [3.05, 3.63) is 29.3 Å². The van der Waals surface area contributed by atoms with Crippen molar-refractivity contribution in [3.8, 4) is 0 Å². The lowest BCUT2D eigenvalue weighted by atomic mass is 10.4. The number of carbonyl (C=O) groups excluding carboxylic acids is 2. The molecule has 0 spiro atoms. The van der Waals surface area contributed by atoms with E-state index in [9.17, 15) is 9.59 Å². The first-order chi connectivity index (χ1) is 9.61. The fraction of sp³-hybridized carbons (Fsp3) is 0.385. The Morgan fingerprint density at radius 2 is 1.90 bits per heavy atom. The Labute approximate surface area is 127 Å². The summed E-state index contributed by atoms with van der Waals surface area (Å²) in [6, 6.07) is 7.23. The summed E-state index contributed by atoms with van der Waals surface area (Å²) in [5, 5.41) is 5.83. The lowest BCUT2D eigenvalue weighted by Gasteiger charge is -2.06. The van der Waals surface area contributed by atoms with Crippen LogP contribution in [0.3, 0.4) is 0 Å². The third kappa shape index (κ3) is 7.37. The van der Waals surface area contributed by atoms with E-state index in [2.05, 4.69) is 10.6 Å². The number of amides is 2. The number of halogens is 1. The molecule has 2 amide bonds. The van der Waals surface area contributed by atoms with Crippen LogP contribution >= 0.6 is 23.4 Å². The van der Waals surface area contributed by atoms with Crippen LogP contribution in [0.2, 0.25) is 5.02 Å². The summed E-state index contributed by atoms with van der Waals surface area (Å²) in [6.07, 6.45) is 0. The van der Waals surface area contributed by atoms with Gasteiger partial charge in [0.1, 0.15) is 0 Å². The van der Waals surface area contributed by atoms with E-state index in [1.165, 1.54) is 11.8 Å². The maximum Gasteiger partial charge on any atom is 0.239 e. The van der Waals surface area contributed by atoms with Crippen LogP contribution in [0.25, 0.3) is 0 Å². The van der Waals surface area contributed by atoms with E-state index in [1.54, 1.807) is 19.2 Å². The Morgan fingerprint density at radius 3 is 2.55 bits per heavy atom. The van der Waals surface area contributed by atoms with E-state index < -0.39 is 0 Å². The molecule has 0 saturated carbocycles. The number of methoxy groups -OCH3 is 1. The van der Waals surface area contributed by atoms with Gasteiger partial charge in [0.05, 0.1) is 18.9 Å². The van der Waals surface area contributed by atoms with Crippen molar-refractivity contribution in [1.29, 1.82) is 0 Å². The van der Waals surface area contributed by atoms with E-state index in [4.69, 9.17) is 16.3 Å². The molecule has 0 heterocycles. The van der Waals surface area contributed by atoms with Crippen LogP contribution in [0.5, 0.6) is 0 Å². The zero-order valence-corrected chi connectivity index (χ0v) is 12.7. The molecule has 0 radical (unpaired) electrons. The molecule has 0 aliphatic heterocycles. The van der Waals surface area contributed by atoms with Gasteiger partial charge in [-0.1, -0.05) is 11.6 Å². The van der Waals surface area contributed by atoms with Crippen molar-refractivity contribution in [3.63, 3.8) is 0 Å². The van der Waals surface area contributed by atoms with Crippen LogP contribution in [-0.2, 0) is 14.3 Å². The van der Waals surface area contributed by atoms with Gasteiger partial charge in [0.25, 0.3) is 0 Å². The molecule has 20 heavy (non-hydrogen) atoms. The summed E-state index contributed by atoms with van der Waals surface area (Å²) < 4.78 is 4.80. The lowest BCUT2D eigenvalue weighted by Crippen LogP contribution is -2.38.